The van der Waals surface area contributed by atoms with Crippen LogP contribution >= 0.6 is 0 Å². The van der Waals surface area contributed by atoms with Gasteiger partial charge in [-0.3, -0.25) is 25.1 Å². The van der Waals surface area contributed by atoms with Gasteiger partial charge in [0.2, 0.25) is 62.4 Å². The molecule has 0 saturated carbocycles. The standard InChI is InChI=1S/C38H65NO45S6.8Na/c1-8-69-19-15(39)34(73-12(16(19)40)9-70-85(45,46)47)78-23-21(64-3)28(66-5)37(80-26(23)32(41)42)77-18-14(11-72-87(51,52)53)75-38(31(84-90(60,61)62)25(18)82-88(54,55)56)79-24-22(65-4)29(67-6)36(81-27(24)33(43)44)76-17-13(10-71-86(48,49)50)74-35(68-7)30(20(17)63-2)83-89(57,58)59;;;;;;;;/h12-31,34-38,40H,8-11,39H2,1-7H3,(H,41,42)(H,43,44)(H,45,46,47)(H,48,49,50)(H,51,52,53)(H,54,55,56)(H,57,58,59)(H,60,61,62);;;;;;;;/q;8*+1/p-8/t12-,13-,14-,15-,16-,17-,18-,19-,20+,21+,22+,23+,24+,25+,26+,27+,28-,29-,30-,31-,34-,35+,36+,37-,38-;;;;;;;;/m1......../s1. The molecule has 5 aliphatic rings. The number of aliphatic hydroxyl groups excluding tert-OH is 1. The fourth-order valence-electron chi connectivity index (χ4n) is 9.87. The monoisotopic (exact) mass is 1620 g/mol. The number of carboxylic acids is 2. The van der Waals surface area contributed by atoms with Gasteiger partial charge in [0.25, 0.3) is 0 Å². The fraction of sp³-hybridized carbons (Fsp3) is 0.947. The van der Waals surface area contributed by atoms with Crippen LogP contribution in [-0.2, 0) is 173 Å². The number of rotatable bonds is 33. The summed E-state index contributed by atoms with van der Waals surface area (Å²) in [6.45, 7) is -3.25. The third kappa shape index (κ3) is 32.5. The number of ether oxygens (including phenoxy) is 16. The number of carbonyl (C=O) groups is 2. The molecule has 46 nitrogen and oxygen atoms in total. The molecule has 5 aliphatic heterocycles. The Morgan fingerprint density at radius 3 is 0.980 bits per heavy atom. The van der Waals surface area contributed by atoms with E-state index in [-0.39, 0.29) is 243 Å². The Morgan fingerprint density at radius 1 is 0.367 bits per heavy atom. The van der Waals surface area contributed by atoms with E-state index < -0.39 is 248 Å². The summed E-state index contributed by atoms with van der Waals surface area (Å²) in [6.07, 6.45) is -56.8. The minimum Gasteiger partial charge on any atom is -0.726 e. The van der Waals surface area contributed by atoms with Crippen molar-refractivity contribution in [3.05, 3.63) is 0 Å². The van der Waals surface area contributed by atoms with Crippen LogP contribution in [0.2, 0.25) is 0 Å². The third-order valence-electron chi connectivity index (χ3n) is 13.3. The topological polar surface area (TPSA) is 673 Å². The first kappa shape index (κ1) is 110. The first-order chi connectivity index (χ1) is 41.5. The molecule has 60 heteroatoms. The first-order valence-corrected chi connectivity index (χ1v) is 32.8. The molecule has 98 heavy (non-hydrogen) atoms. The summed E-state index contributed by atoms with van der Waals surface area (Å²) in [5.74, 6) is -4.74. The van der Waals surface area contributed by atoms with Crippen molar-refractivity contribution < 1.29 is 440 Å². The number of hydrogen-bond donors (Lipinski definition) is 2. The Balaban J connectivity index is -0.00000552. The molecule has 0 aliphatic carbocycles. The summed E-state index contributed by atoms with van der Waals surface area (Å²) in [5, 5.41) is 37.0. The molecule has 3 N–H and O–H groups in total. The summed E-state index contributed by atoms with van der Waals surface area (Å²) in [4.78, 5) is 26.1. The summed E-state index contributed by atoms with van der Waals surface area (Å²) in [7, 11) is -30.9. The smallest absolute Gasteiger partial charge is 0.726 e. The van der Waals surface area contributed by atoms with Crippen LogP contribution in [0.3, 0.4) is 0 Å². The maximum absolute atomic E-state index is 13.1. The molecule has 5 rings (SSSR count). The summed E-state index contributed by atoms with van der Waals surface area (Å²) >= 11 is 0. The summed E-state index contributed by atoms with van der Waals surface area (Å²) in [5.41, 5.74) is 6.26. The maximum atomic E-state index is 13.1. The van der Waals surface area contributed by atoms with Gasteiger partial charge in [-0.2, -0.15) is 0 Å². The number of carboxylic acid groups (broad SMARTS) is 2. The van der Waals surface area contributed by atoms with Gasteiger partial charge < -0.3 is 134 Å². The van der Waals surface area contributed by atoms with Crippen molar-refractivity contribution in [3.63, 3.8) is 0 Å². The van der Waals surface area contributed by atoms with E-state index in [2.05, 4.69) is 25.1 Å². The largest absolute Gasteiger partial charge is 1.00 e. The van der Waals surface area contributed by atoms with Crippen molar-refractivity contribution in [2.45, 2.75) is 160 Å². The van der Waals surface area contributed by atoms with Gasteiger partial charge in [-0.25, -0.2) is 50.5 Å². The fourth-order valence-corrected chi connectivity index (χ4v) is 12.2. The van der Waals surface area contributed by atoms with Crippen LogP contribution < -0.4 is 252 Å². The van der Waals surface area contributed by atoms with Crippen LogP contribution in [0.1, 0.15) is 6.92 Å². The molecular formula is C38H57NNa8O45S6. The van der Waals surface area contributed by atoms with Crippen LogP contribution in [0.5, 0.6) is 0 Å². The molecule has 0 spiro atoms. The minimum atomic E-state index is -6.46. The molecule has 25 atom stereocenters. The van der Waals surface area contributed by atoms with Crippen LogP contribution in [0.4, 0.5) is 0 Å². The van der Waals surface area contributed by atoms with Gasteiger partial charge in [-0.1, -0.05) is 0 Å². The van der Waals surface area contributed by atoms with E-state index in [0.717, 1.165) is 42.7 Å². The van der Waals surface area contributed by atoms with Crippen LogP contribution in [0, 0.1) is 0 Å². The molecule has 0 aromatic heterocycles. The molecule has 0 amide bonds. The zero-order chi connectivity index (χ0) is 68.0. The van der Waals surface area contributed by atoms with E-state index in [1.54, 1.807) is 0 Å². The van der Waals surface area contributed by atoms with E-state index in [1.807, 2.05) is 0 Å². The number of carbonyl (C=O) groups excluding carboxylic acids is 2. The quantitative estimate of drug-likeness (QED) is 0.0350. The van der Waals surface area contributed by atoms with Crippen LogP contribution in [0.15, 0.2) is 0 Å². The Labute approximate surface area is 738 Å². The molecule has 0 radical (unpaired) electrons. The van der Waals surface area contributed by atoms with Crippen molar-refractivity contribution in [2.75, 3.05) is 69.1 Å². The van der Waals surface area contributed by atoms with Gasteiger partial charge >= 0.3 is 236 Å². The Morgan fingerprint density at radius 2 is 0.653 bits per heavy atom. The SMILES string of the molecule is CCO[C@@H]1[C@@H](N)[C@@H](O[C@H]2[C@H](OC)[C@@H](OC)[C@H](O[C@H]3[C@H](OS(=O)(=O)[O-])[C@@H](OS(=O)(=O)[O-])[C@@H](O[C@H]4[C@H](OC)[C@@H](OC)[C@@H](O[C@H]5[C@H](OC)[C@@H](OS(=O)(=O)[O-])[C@@H](OC)O[C@@H]5COS(=O)(=O)[O-])O[C@@H]4C(=O)[O-])O[C@@H]3COS(=O)(=O)[O-])O[C@@H]2C(=O)[O-])O[C@H](COS(=O)(=O)[O-])[C@H]1O.[Na+].[Na+].[Na+].[Na+].[Na+].[Na+].[Na+].[Na+]. The molecule has 0 aromatic carbocycles. The van der Waals surface area contributed by atoms with Gasteiger partial charge in [0.05, 0.1) is 37.8 Å². The normalized spacial score (nSPS) is 35.4. The Hall–Kier alpha value is 5.44. The van der Waals surface area contributed by atoms with Crippen LogP contribution in [0.25, 0.3) is 0 Å². The van der Waals surface area contributed by atoms with Crippen molar-refractivity contribution in [2.24, 2.45) is 5.73 Å². The van der Waals surface area contributed by atoms with E-state index in [4.69, 9.17) is 81.5 Å². The maximum Gasteiger partial charge on any atom is 1.00 e. The molecule has 5 fully saturated rings. The second-order valence-electron chi connectivity index (χ2n) is 18.7. The van der Waals surface area contributed by atoms with Crippen molar-refractivity contribution in [1.82, 2.24) is 0 Å². The predicted octanol–water partition coefficient (Wildman–Crippen LogP) is -36.5. The number of hydrogen-bond acceptors (Lipinski definition) is 46. The summed E-state index contributed by atoms with van der Waals surface area (Å²) in [6, 6.07) is -1.68. The van der Waals surface area contributed by atoms with Gasteiger partial charge in [0.15, 0.2) is 43.7 Å². The minimum absolute atomic E-state index is 0. The molecule has 5 saturated heterocycles. The second-order valence-corrected chi connectivity index (χ2v) is 24.9. The van der Waals surface area contributed by atoms with E-state index in [9.17, 15) is 103 Å². The third-order valence-corrected chi connectivity index (χ3v) is 15.9. The number of methoxy groups -OCH3 is 6. The van der Waals surface area contributed by atoms with E-state index in [1.165, 1.54) is 6.92 Å². The summed E-state index contributed by atoms with van der Waals surface area (Å²) < 4.78 is 331. The predicted molar refractivity (Wildman–Crippen MR) is 254 cm³/mol. The second kappa shape index (κ2) is 47.8. The van der Waals surface area contributed by atoms with Crippen LogP contribution in [-0.4, -0.2) is 317 Å². The average Bonchev–Trinajstić information content (AvgIpc) is 0.764. The molecule has 0 bridgehead atoms. The van der Waals surface area contributed by atoms with Gasteiger partial charge in [-0.05, 0) is 6.92 Å². The number of nitrogens with two attached hydrogens (primary N) is 1. The number of aliphatic hydroxyl groups is 1. The van der Waals surface area contributed by atoms with Crippen molar-refractivity contribution in [1.29, 1.82) is 0 Å². The zero-order valence-electron chi connectivity index (χ0n) is 54.7. The molecule has 5 heterocycles. The Kier molecular flexibility index (Phi) is 53.6. The average molecular weight is 1620 g/mol. The molecule has 0 unspecified atom stereocenters. The molecule has 0 aromatic rings. The zero-order valence-corrected chi connectivity index (χ0v) is 75.6. The molecule has 528 valence electrons. The van der Waals surface area contributed by atoms with Crippen molar-refractivity contribution >= 4 is 74.3 Å². The van der Waals surface area contributed by atoms with E-state index in [0.29, 0.717) is 0 Å². The van der Waals surface area contributed by atoms with Gasteiger partial charge in [0.1, 0.15) is 104 Å². The van der Waals surface area contributed by atoms with Crippen molar-refractivity contribution in [3.8, 4) is 0 Å². The first-order valence-electron chi connectivity index (χ1n) is 24.8. The van der Waals surface area contributed by atoms with Gasteiger partial charge in [-0.15, -0.1) is 0 Å². The number of aliphatic carboxylic acids is 2. The van der Waals surface area contributed by atoms with Gasteiger partial charge in [0, 0.05) is 49.3 Å². The Bertz CT molecular complexity index is 3110. The van der Waals surface area contributed by atoms with E-state index >= 15 is 0 Å². The molecular weight excluding hydrogens is 1570 g/mol.